The topological polar surface area (TPSA) is 61.4 Å². The van der Waals surface area contributed by atoms with E-state index in [9.17, 15) is 9.59 Å². The number of rotatable bonds is 6. The van der Waals surface area contributed by atoms with E-state index in [1.54, 1.807) is 11.9 Å². The van der Waals surface area contributed by atoms with Crippen LogP contribution in [0.3, 0.4) is 0 Å². The van der Waals surface area contributed by atoms with Crippen molar-refractivity contribution in [2.75, 3.05) is 25.5 Å². The highest BCUT2D eigenvalue weighted by Crippen LogP contribution is 2.20. The van der Waals surface area contributed by atoms with Gasteiger partial charge >= 0.3 is 0 Å². The highest BCUT2D eigenvalue weighted by Gasteiger charge is 2.23. The predicted molar refractivity (Wildman–Crippen MR) is 86.2 cm³/mol. The summed E-state index contributed by atoms with van der Waals surface area (Å²) in [6.07, 6.45) is 2.14. The predicted octanol–water partition coefficient (Wildman–Crippen LogP) is 1.91. The van der Waals surface area contributed by atoms with Crippen LogP contribution in [0.5, 0.6) is 0 Å². The van der Waals surface area contributed by atoms with Crippen LogP contribution < -0.4 is 10.6 Å². The van der Waals surface area contributed by atoms with E-state index in [0.717, 1.165) is 28.6 Å². The Hall–Kier alpha value is -1.40. The summed E-state index contributed by atoms with van der Waals surface area (Å²) in [6, 6.07) is 6.02. The zero-order valence-corrected chi connectivity index (χ0v) is 13.9. The minimum atomic E-state index is -0.132. The first-order valence-electron chi connectivity index (χ1n) is 6.98. The van der Waals surface area contributed by atoms with Crippen LogP contribution in [-0.4, -0.2) is 42.9 Å². The van der Waals surface area contributed by atoms with E-state index in [2.05, 4.69) is 26.6 Å². The lowest BCUT2D eigenvalue weighted by Gasteiger charge is -2.16. The van der Waals surface area contributed by atoms with Crippen LogP contribution in [0.1, 0.15) is 18.4 Å². The molecule has 0 unspecified atom stereocenters. The van der Waals surface area contributed by atoms with Crippen molar-refractivity contribution in [3.8, 4) is 0 Å². The Kier molecular flexibility index (Phi) is 5.36. The maximum absolute atomic E-state index is 11.9. The molecule has 2 rings (SSSR count). The number of amides is 2. The monoisotopic (exact) mass is 353 g/mol. The highest BCUT2D eigenvalue weighted by atomic mass is 79.9. The van der Waals surface area contributed by atoms with Gasteiger partial charge in [0.1, 0.15) is 0 Å². The maximum Gasteiger partial charge on any atom is 0.238 e. The van der Waals surface area contributed by atoms with Crippen molar-refractivity contribution in [1.82, 2.24) is 10.2 Å². The smallest absolute Gasteiger partial charge is 0.238 e. The van der Waals surface area contributed by atoms with Gasteiger partial charge in [-0.05, 0) is 44.5 Å². The third-order valence-corrected chi connectivity index (χ3v) is 4.08. The Labute approximate surface area is 133 Å². The summed E-state index contributed by atoms with van der Waals surface area (Å²) in [7, 11) is 1.76. The second-order valence-corrected chi connectivity index (χ2v) is 6.38. The van der Waals surface area contributed by atoms with Gasteiger partial charge in [0.2, 0.25) is 11.8 Å². The molecule has 2 amide bonds. The fraction of sp³-hybridized carbons (Fsp3) is 0.467. The van der Waals surface area contributed by atoms with E-state index in [1.165, 1.54) is 0 Å². The quantitative estimate of drug-likeness (QED) is 0.821. The molecule has 0 aliphatic heterocycles. The lowest BCUT2D eigenvalue weighted by molar-refractivity contribution is -0.123. The van der Waals surface area contributed by atoms with Gasteiger partial charge in [-0.15, -0.1) is 0 Å². The molecule has 1 aromatic carbocycles. The number of likely N-dealkylation sites (N-methyl/N-ethyl adjacent to an activating group) is 1. The van der Waals surface area contributed by atoms with Crippen LogP contribution >= 0.6 is 15.9 Å². The summed E-state index contributed by atoms with van der Waals surface area (Å²) in [4.78, 5) is 25.3. The number of aryl methyl sites for hydroxylation is 1. The Morgan fingerprint density at radius 1 is 1.29 bits per heavy atom. The molecule has 0 spiro atoms. The molecule has 0 heterocycles. The van der Waals surface area contributed by atoms with Gasteiger partial charge in [0.05, 0.1) is 13.1 Å². The number of benzene rings is 1. The largest absolute Gasteiger partial charge is 0.352 e. The molecule has 0 radical (unpaired) electrons. The van der Waals surface area contributed by atoms with Gasteiger partial charge in [0, 0.05) is 16.2 Å². The Balaban J connectivity index is 1.77. The van der Waals surface area contributed by atoms with Gasteiger partial charge in [-0.2, -0.15) is 0 Å². The molecule has 5 nitrogen and oxygen atoms in total. The van der Waals surface area contributed by atoms with Gasteiger partial charge in [-0.3, -0.25) is 14.5 Å². The molecule has 21 heavy (non-hydrogen) atoms. The minimum Gasteiger partial charge on any atom is -0.352 e. The maximum atomic E-state index is 11.9. The van der Waals surface area contributed by atoms with Crippen LogP contribution in [0, 0.1) is 6.92 Å². The average molecular weight is 354 g/mol. The fourth-order valence-corrected chi connectivity index (χ4v) is 2.30. The summed E-state index contributed by atoms with van der Waals surface area (Å²) in [6.45, 7) is 2.41. The molecule has 0 bridgehead atoms. The number of halogens is 1. The van der Waals surface area contributed by atoms with E-state index in [4.69, 9.17) is 0 Å². The molecular formula is C15H20BrN3O2. The number of carbonyl (C=O) groups is 2. The normalized spacial score (nSPS) is 14.1. The fourth-order valence-electron chi connectivity index (χ4n) is 1.92. The zero-order valence-electron chi connectivity index (χ0n) is 12.3. The van der Waals surface area contributed by atoms with Crippen LogP contribution in [0.25, 0.3) is 0 Å². The highest BCUT2D eigenvalue weighted by molar-refractivity contribution is 9.10. The average Bonchev–Trinajstić information content (AvgIpc) is 3.17. The first-order valence-corrected chi connectivity index (χ1v) is 7.77. The first-order chi connectivity index (χ1) is 9.94. The molecular weight excluding hydrogens is 334 g/mol. The first kappa shape index (κ1) is 16.0. The molecule has 1 aliphatic rings. The molecule has 1 fully saturated rings. The van der Waals surface area contributed by atoms with Crippen molar-refractivity contribution in [3.05, 3.63) is 28.2 Å². The van der Waals surface area contributed by atoms with Gasteiger partial charge in [-0.25, -0.2) is 0 Å². The second-order valence-electron chi connectivity index (χ2n) is 5.53. The third kappa shape index (κ3) is 5.47. The molecule has 6 heteroatoms. The Morgan fingerprint density at radius 3 is 2.57 bits per heavy atom. The molecule has 0 aromatic heterocycles. The van der Waals surface area contributed by atoms with Gasteiger partial charge in [0.25, 0.3) is 0 Å². The number of anilines is 1. The molecule has 114 valence electrons. The van der Waals surface area contributed by atoms with Crippen LogP contribution in [0.2, 0.25) is 0 Å². The van der Waals surface area contributed by atoms with Crippen molar-refractivity contribution in [2.24, 2.45) is 0 Å². The molecule has 1 aromatic rings. The van der Waals surface area contributed by atoms with Crippen LogP contribution in [0.15, 0.2) is 22.7 Å². The van der Waals surface area contributed by atoms with Crippen molar-refractivity contribution in [1.29, 1.82) is 0 Å². The van der Waals surface area contributed by atoms with Gasteiger partial charge < -0.3 is 10.6 Å². The van der Waals surface area contributed by atoms with E-state index in [1.807, 2.05) is 25.1 Å². The Bertz CT molecular complexity index is 544. The third-order valence-electron chi connectivity index (χ3n) is 3.23. The van der Waals surface area contributed by atoms with Gasteiger partial charge in [0.15, 0.2) is 0 Å². The van der Waals surface area contributed by atoms with Gasteiger partial charge in [-0.1, -0.05) is 22.0 Å². The summed E-state index contributed by atoms with van der Waals surface area (Å²) >= 11 is 3.43. The summed E-state index contributed by atoms with van der Waals surface area (Å²) in [5.41, 5.74) is 1.86. The van der Waals surface area contributed by atoms with Crippen molar-refractivity contribution < 1.29 is 9.59 Å². The number of nitrogens with one attached hydrogen (secondary N) is 2. The molecule has 1 saturated carbocycles. The number of nitrogens with zero attached hydrogens (tertiary/aromatic N) is 1. The zero-order chi connectivity index (χ0) is 15.4. The number of hydrogen-bond donors (Lipinski definition) is 2. The SMILES string of the molecule is Cc1ccc(NC(=O)CN(C)CC(=O)NC2CC2)cc1Br. The number of hydrogen-bond acceptors (Lipinski definition) is 3. The second kappa shape index (κ2) is 7.04. The van der Waals surface area contributed by atoms with E-state index in [-0.39, 0.29) is 24.9 Å². The summed E-state index contributed by atoms with van der Waals surface area (Å²) < 4.78 is 0.956. The van der Waals surface area contributed by atoms with E-state index in [0.29, 0.717) is 6.04 Å². The van der Waals surface area contributed by atoms with Crippen molar-refractivity contribution in [3.63, 3.8) is 0 Å². The Morgan fingerprint density at radius 2 is 1.95 bits per heavy atom. The van der Waals surface area contributed by atoms with E-state index >= 15 is 0 Å². The van der Waals surface area contributed by atoms with E-state index < -0.39 is 0 Å². The standard InChI is InChI=1S/C15H20BrN3O2/c1-10-3-4-12(7-13(10)16)18-15(21)9-19(2)8-14(20)17-11-5-6-11/h3-4,7,11H,5-6,8-9H2,1-2H3,(H,17,20)(H,18,21). The van der Waals surface area contributed by atoms with Crippen molar-refractivity contribution in [2.45, 2.75) is 25.8 Å². The van der Waals surface area contributed by atoms with Crippen LogP contribution in [-0.2, 0) is 9.59 Å². The summed E-state index contributed by atoms with van der Waals surface area (Å²) in [5, 5.41) is 5.73. The lowest BCUT2D eigenvalue weighted by Crippen LogP contribution is -2.39. The molecule has 1 aliphatic carbocycles. The molecule has 2 N–H and O–H groups in total. The summed E-state index contributed by atoms with van der Waals surface area (Å²) in [5.74, 6) is -0.154. The number of carbonyl (C=O) groups excluding carboxylic acids is 2. The van der Waals surface area contributed by atoms with Crippen molar-refractivity contribution >= 4 is 33.4 Å². The molecule has 0 saturated heterocycles. The molecule has 0 atom stereocenters. The minimum absolute atomic E-state index is 0.0223. The van der Waals surface area contributed by atoms with Crippen LogP contribution in [0.4, 0.5) is 5.69 Å². The lowest BCUT2D eigenvalue weighted by atomic mass is 10.2.